The fourth-order valence-corrected chi connectivity index (χ4v) is 5.30. The predicted molar refractivity (Wildman–Crippen MR) is 129 cm³/mol. The van der Waals surface area contributed by atoms with Crippen molar-refractivity contribution in [1.29, 1.82) is 0 Å². The van der Waals surface area contributed by atoms with Crippen LogP contribution in [0.4, 0.5) is 11.4 Å². The van der Waals surface area contributed by atoms with Crippen LogP contribution in [0.25, 0.3) is 10.9 Å². The Bertz CT molecular complexity index is 1460. The summed E-state index contributed by atoms with van der Waals surface area (Å²) in [7, 11) is -4.13. The van der Waals surface area contributed by atoms with E-state index in [2.05, 4.69) is 27.8 Å². The summed E-state index contributed by atoms with van der Waals surface area (Å²) in [5.41, 5.74) is 1.97. The molecule has 0 unspecified atom stereocenters. The van der Waals surface area contributed by atoms with Crippen molar-refractivity contribution in [1.82, 2.24) is 4.98 Å². The number of aromatic hydroxyl groups is 1. The smallest absolute Gasteiger partial charge is 0.285 e. The summed E-state index contributed by atoms with van der Waals surface area (Å²) in [6, 6.07) is 20.0. The standard InChI is InChI=1S/C23H20N4O4S2/c1-15-10-12-16(13-11-15)27(33(30,31)20-9-5-4-8-19(20)32)14-21(28)25-26-22-17-6-2-3-7-18(17)24-23(22)29/h2-13,24,29,32H,14H2,1H3. The quantitative estimate of drug-likeness (QED) is 0.267. The number of amides is 1. The Hall–Kier alpha value is -3.63. The molecule has 0 spiro atoms. The number of rotatable bonds is 6. The Morgan fingerprint density at radius 1 is 1.03 bits per heavy atom. The van der Waals surface area contributed by atoms with Crippen LogP contribution in [-0.2, 0) is 14.8 Å². The molecule has 33 heavy (non-hydrogen) atoms. The summed E-state index contributed by atoms with van der Waals surface area (Å²) in [6.07, 6.45) is 0. The summed E-state index contributed by atoms with van der Waals surface area (Å²) in [5, 5.41) is 18.2. The van der Waals surface area contributed by atoms with Gasteiger partial charge in [0.05, 0.1) is 11.2 Å². The second-order valence-electron chi connectivity index (χ2n) is 7.28. The molecule has 0 bridgehead atoms. The molecule has 0 fully saturated rings. The highest BCUT2D eigenvalue weighted by atomic mass is 32.2. The number of nitrogens with zero attached hydrogens (tertiary/aromatic N) is 3. The fraction of sp³-hybridized carbons (Fsp3) is 0.0870. The third-order valence-corrected chi connectivity index (χ3v) is 7.33. The number of azo groups is 1. The molecule has 4 rings (SSSR count). The molecule has 0 aliphatic rings. The number of para-hydroxylation sites is 1. The molecule has 8 nitrogen and oxygen atoms in total. The Kier molecular flexibility index (Phi) is 6.21. The van der Waals surface area contributed by atoms with Gasteiger partial charge in [-0.05, 0) is 37.3 Å². The van der Waals surface area contributed by atoms with Crippen LogP contribution in [0, 0.1) is 6.92 Å². The Labute approximate surface area is 196 Å². The molecule has 0 atom stereocenters. The van der Waals surface area contributed by atoms with Gasteiger partial charge in [-0.1, -0.05) is 48.0 Å². The largest absolute Gasteiger partial charge is 0.493 e. The molecule has 4 aromatic rings. The lowest BCUT2D eigenvalue weighted by molar-refractivity contribution is -0.116. The number of H-pyrrole nitrogens is 1. The first kappa shape index (κ1) is 22.6. The van der Waals surface area contributed by atoms with E-state index in [1.807, 2.05) is 6.92 Å². The highest BCUT2D eigenvalue weighted by Crippen LogP contribution is 2.35. The zero-order valence-corrected chi connectivity index (χ0v) is 19.2. The number of aromatic nitrogens is 1. The van der Waals surface area contributed by atoms with Gasteiger partial charge in [-0.3, -0.25) is 9.10 Å². The number of hydrogen-bond donors (Lipinski definition) is 3. The van der Waals surface area contributed by atoms with E-state index in [-0.39, 0.29) is 21.4 Å². The zero-order chi connectivity index (χ0) is 23.6. The monoisotopic (exact) mass is 480 g/mol. The van der Waals surface area contributed by atoms with E-state index < -0.39 is 22.5 Å². The molecule has 0 aliphatic heterocycles. The van der Waals surface area contributed by atoms with E-state index in [0.29, 0.717) is 16.6 Å². The van der Waals surface area contributed by atoms with E-state index in [9.17, 15) is 18.3 Å². The number of aromatic amines is 1. The molecule has 168 valence electrons. The lowest BCUT2D eigenvalue weighted by Gasteiger charge is -2.23. The molecular weight excluding hydrogens is 460 g/mol. The van der Waals surface area contributed by atoms with Gasteiger partial charge in [-0.25, -0.2) is 8.42 Å². The van der Waals surface area contributed by atoms with Gasteiger partial charge in [0.15, 0.2) is 5.69 Å². The van der Waals surface area contributed by atoms with Gasteiger partial charge < -0.3 is 10.1 Å². The number of fused-ring (bicyclic) bond motifs is 1. The highest BCUT2D eigenvalue weighted by molar-refractivity contribution is 7.93. The van der Waals surface area contributed by atoms with Crippen molar-refractivity contribution in [3.8, 4) is 5.88 Å². The summed E-state index contributed by atoms with van der Waals surface area (Å²) in [4.78, 5) is 15.7. The number of hydrogen-bond acceptors (Lipinski definition) is 6. The second-order valence-corrected chi connectivity index (χ2v) is 9.59. The SMILES string of the molecule is Cc1ccc(N(CC(=O)N=Nc2c(O)[nH]c3ccccc23)S(=O)(=O)c2ccccc2S)cc1. The summed E-state index contributed by atoms with van der Waals surface area (Å²) < 4.78 is 27.9. The van der Waals surface area contributed by atoms with Crippen LogP contribution in [-0.4, -0.2) is 31.0 Å². The first-order chi connectivity index (χ1) is 15.8. The molecule has 2 N–H and O–H groups in total. The average Bonchev–Trinajstić information content (AvgIpc) is 3.11. The van der Waals surface area contributed by atoms with Crippen molar-refractivity contribution in [2.24, 2.45) is 10.2 Å². The van der Waals surface area contributed by atoms with Crippen LogP contribution in [0.2, 0.25) is 0 Å². The van der Waals surface area contributed by atoms with E-state index in [0.717, 1.165) is 9.87 Å². The zero-order valence-electron chi connectivity index (χ0n) is 17.5. The van der Waals surface area contributed by atoms with Gasteiger partial charge in [0.2, 0.25) is 5.88 Å². The molecule has 0 saturated carbocycles. The van der Waals surface area contributed by atoms with Crippen LogP contribution in [0.3, 0.4) is 0 Å². The average molecular weight is 481 g/mol. The molecule has 0 saturated heterocycles. The normalized spacial score (nSPS) is 11.8. The number of aryl methyl sites for hydroxylation is 1. The lowest BCUT2D eigenvalue weighted by Crippen LogP contribution is -2.35. The van der Waals surface area contributed by atoms with Crippen LogP contribution in [0.15, 0.2) is 92.8 Å². The number of carbonyl (C=O) groups is 1. The van der Waals surface area contributed by atoms with Crippen molar-refractivity contribution in [3.05, 3.63) is 78.4 Å². The van der Waals surface area contributed by atoms with Crippen LogP contribution in [0.1, 0.15) is 5.56 Å². The van der Waals surface area contributed by atoms with Gasteiger partial charge in [-0.2, -0.15) is 0 Å². The number of benzene rings is 3. The van der Waals surface area contributed by atoms with Gasteiger partial charge in [0.1, 0.15) is 11.4 Å². The van der Waals surface area contributed by atoms with Crippen molar-refractivity contribution in [2.45, 2.75) is 16.7 Å². The third-order valence-electron chi connectivity index (χ3n) is 4.96. The number of sulfonamides is 1. The predicted octanol–water partition coefficient (Wildman–Crippen LogP) is 4.98. The summed E-state index contributed by atoms with van der Waals surface area (Å²) >= 11 is 4.27. The summed E-state index contributed by atoms with van der Waals surface area (Å²) in [5.74, 6) is -1.04. The van der Waals surface area contributed by atoms with Crippen molar-refractivity contribution >= 4 is 50.8 Å². The number of carbonyl (C=O) groups excluding carboxylic acids is 1. The van der Waals surface area contributed by atoms with Crippen molar-refractivity contribution in [2.75, 3.05) is 10.8 Å². The molecule has 10 heteroatoms. The van der Waals surface area contributed by atoms with Crippen LogP contribution < -0.4 is 4.31 Å². The third kappa shape index (κ3) is 4.62. The maximum atomic E-state index is 13.4. The minimum atomic E-state index is -4.13. The minimum absolute atomic E-state index is 0.0343. The van der Waals surface area contributed by atoms with Crippen LogP contribution >= 0.6 is 12.6 Å². The molecule has 1 aromatic heterocycles. The highest BCUT2D eigenvalue weighted by Gasteiger charge is 2.28. The first-order valence-electron chi connectivity index (χ1n) is 9.89. The molecular formula is C23H20N4O4S2. The molecule has 1 heterocycles. The lowest BCUT2D eigenvalue weighted by atomic mass is 10.2. The van der Waals surface area contributed by atoms with Gasteiger partial charge in [0.25, 0.3) is 15.9 Å². The first-order valence-corrected chi connectivity index (χ1v) is 11.8. The Balaban J connectivity index is 1.69. The van der Waals surface area contributed by atoms with E-state index in [1.54, 1.807) is 66.7 Å². The number of thiol groups is 1. The fourth-order valence-electron chi connectivity index (χ4n) is 3.29. The van der Waals surface area contributed by atoms with E-state index in [1.165, 1.54) is 6.07 Å². The van der Waals surface area contributed by atoms with Gasteiger partial charge >= 0.3 is 0 Å². The van der Waals surface area contributed by atoms with Crippen LogP contribution in [0.5, 0.6) is 5.88 Å². The minimum Gasteiger partial charge on any atom is -0.493 e. The molecule has 0 aliphatic carbocycles. The molecule has 3 aromatic carbocycles. The maximum absolute atomic E-state index is 13.4. The molecule has 0 radical (unpaired) electrons. The number of nitrogens with one attached hydrogen (secondary N) is 1. The van der Waals surface area contributed by atoms with Crippen molar-refractivity contribution < 1.29 is 18.3 Å². The maximum Gasteiger partial charge on any atom is 0.285 e. The second kappa shape index (κ2) is 9.08. The topological polar surface area (TPSA) is 115 Å². The Morgan fingerprint density at radius 3 is 2.42 bits per heavy atom. The number of anilines is 1. The Morgan fingerprint density at radius 2 is 1.70 bits per heavy atom. The van der Waals surface area contributed by atoms with Gasteiger partial charge in [-0.15, -0.1) is 22.9 Å². The van der Waals surface area contributed by atoms with E-state index >= 15 is 0 Å². The van der Waals surface area contributed by atoms with E-state index in [4.69, 9.17) is 0 Å². The summed E-state index contributed by atoms with van der Waals surface area (Å²) in [6.45, 7) is 1.29. The van der Waals surface area contributed by atoms with Gasteiger partial charge in [0, 0.05) is 10.3 Å². The van der Waals surface area contributed by atoms with Crippen molar-refractivity contribution in [3.63, 3.8) is 0 Å². The molecule has 1 amide bonds.